The lowest BCUT2D eigenvalue weighted by Crippen LogP contribution is -2.11. The summed E-state index contributed by atoms with van der Waals surface area (Å²) in [7, 11) is 2.06. The number of thioether (sulfide) groups is 1. The van der Waals surface area contributed by atoms with Crippen LogP contribution in [0.15, 0.2) is 53.4 Å². The Hall–Kier alpha value is -2.20. The minimum absolute atomic E-state index is 0.812. The smallest absolute Gasteiger partial charge is 0.0726 e. The number of nitrogens with zero attached hydrogens (tertiary/aromatic N) is 2. The first-order valence-electron chi connectivity index (χ1n) is 7.14. The number of para-hydroxylation sites is 1. The molecule has 0 saturated carbocycles. The molecule has 0 radical (unpaired) electrons. The second-order valence-electron chi connectivity index (χ2n) is 5.29. The predicted molar refractivity (Wildman–Crippen MR) is 97.2 cm³/mol. The summed E-state index contributed by atoms with van der Waals surface area (Å²) in [5, 5.41) is 1.14. The maximum absolute atomic E-state index is 6.13. The Labute approximate surface area is 135 Å². The average molecular weight is 309 g/mol. The molecule has 0 bridgehead atoms. The van der Waals surface area contributed by atoms with E-state index in [2.05, 4.69) is 41.2 Å². The predicted octanol–water partition coefficient (Wildman–Crippen LogP) is 4.62. The van der Waals surface area contributed by atoms with Gasteiger partial charge in [0.2, 0.25) is 0 Å². The maximum Gasteiger partial charge on any atom is 0.0726 e. The first-order valence-corrected chi connectivity index (χ1v) is 8.36. The Bertz CT molecular complexity index is 830. The van der Waals surface area contributed by atoms with Crippen molar-refractivity contribution in [2.45, 2.75) is 11.8 Å². The minimum atomic E-state index is 0.812. The summed E-state index contributed by atoms with van der Waals surface area (Å²) in [4.78, 5) is 7.87. The van der Waals surface area contributed by atoms with Crippen molar-refractivity contribution < 1.29 is 0 Å². The normalized spacial score (nSPS) is 10.9. The number of rotatable bonds is 3. The topological polar surface area (TPSA) is 42.2 Å². The third-order valence-electron chi connectivity index (χ3n) is 3.78. The molecule has 1 heterocycles. The van der Waals surface area contributed by atoms with Crippen molar-refractivity contribution in [1.29, 1.82) is 0 Å². The van der Waals surface area contributed by atoms with E-state index in [0.29, 0.717) is 0 Å². The van der Waals surface area contributed by atoms with Crippen LogP contribution < -0.4 is 10.6 Å². The van der Waals surface area contributed by atoms with E-state index in [9.17, 15) is 0 Å². The van der Waals surface area contributed by atoms with Crippen LogP contribution in [0.3, 0.4) is 0 Å². The van der Waals surface area contributed by atoms with Crippen molar-refractivity contribution in [3.05, 3.63) is 54.2 Å². The Morgan fingerprint density at radius 2 is 1.86 bits per heavy atom. The first-order chi connectivity index (χ1) is 10.6. The number of aromatic nitrogens is 1. The van der Waals surface area contributed by atoms with Crippen molar-refractivity contribution in [2.75, 3.05) is 23.9 Å². The second kappa shape index (κ2) is 5.89. The molecule has 22 heavy (non-hydrogen) atoms. The summed E-state index contributed by atoms with van der Waals surface area (Å²) in [6.07, 6.45) is 2.04. The quantitative estimate of drug-likeness (QED) is 0.566. The highest BCUT2D eigenvalue weighted by molar-refractivity contribution is 7.98. The summed E-state index contributed by atoms with van der Waals surface area (Å²) in [6.45, 7) is 2.02. The molecule has 0 saturated heterocycles. The lowest BCUT2D eigenvalue weighted by Gasteiger charge is -2.22. The molecule has 0 aliphatic heterocycles. The Morgan fingerprint density at radius 1 is 1.09 bits per heavy atom. The van der Waals surface area contributed by atoms with Crippen LogP contribution in [0.4, 0.5) is 17.1 Å². The number of benzene rings is 2. The van der Waals surface area contributed by atoms with Crippen LogP contribution in [0.25, 0.3) is 10.9 Å². The number of hydrogen-bond acceptors (Lipinski definition) is 4. The molecule has 0 fully saturated rings. The van der Waals surface area contributed by atoms with E-state index in [4.69, 9.17) is 5.73 Å². The van der Waals surface area contributed by atoms with Crippen molar-refractivity contribution in [2.24, 2.45) is 0 Å². The van der Waals surface area contributed by atoms with Gasteiger partial charge in [-0.1, -0.05) is 18.2 Å². The van der Waals surface area contributed by atoms with Gasteiger partial charge in [-0.2, -0.15) is 0 Å². The highest BCUT2D eigenvalue weighted by atomic mass is 32.2. The van der Waals surface area contributed by atoms with Gasteiger partial charge in [0, 0.05) is 34.4 Å². The maximum atomic E-state index is 6.13. The molecule has 2 N–H and O–H groups in total. The number of fused-ring (bicyclic) bond motifs is 1. The molecule has 112 valence electrons. The molecule has 1 aromatic heterocycles. The number of aryl methyl sites for hydroxylation is 1. The molecule has 0 aliphatic rings. The van der Waals surface area contributed by atoms with Crippen LogP contribution in [0.1, 0.15) is 5.69 Å². The highest BCUT2D eigenvalue weighted by Crippen LogP contribution is 2.34. The van der Waals surface area contributed by atoms with E-state index in [1.807, 2.05) is 37.4 Å². The Morgan fingerprint density at radius 3 is 2.59 bits per heavy atom. The molecule has 3 rings (SSSR count). The zero-order valence-electron chi connectivity index (χ0n) is 13.0. The summed E-state index contributed by atoms with van der Waals surface area (Å²) in [5.41, 5.74) is 11.2. The van der Waals surface area contributed by atoms with Gasteiger partial charge in [-0.25, -0.2) is 0 Å². The van der Waals surface area contributed by atoms with Crippen molar-refractivity contribution in [3.63, 3.8) is 0 Å². The summed E-state index contributed by atoms with van der Waals surface area (Å²) in [6, 6.07) is 16.5. The Kier molecular flexibility index (Phi) is 3.94. The van der Waals surface area contributed by atoms with Gasteiger partial charge < -0.3 is 10.6 Å². The summed E-state index contributed by atoms with van der Waals surface area (Å²) >= 11 is 1.66. The zero-order chi connectivity index (χ0) is 15.7. The van der Waals surface area contributed by atoms with Gasteiger partial charge in [-0.05, 0) is 43.5 Å². The van der Waals surface area contributed by atoms with Gasteiger partial charge in [0.15, 0.2) is 0 Å². The molecule has 0 aliphatic carbocycles. The number of nitrogen functional groups attached to an aromatic ring is 1. The monoisotopic (exact) mass is 309 g/mol. The molecular weight excluding hydrogens is 290 g/mol. The molecule has 0 atom stereocenters. The van der Waals surface area contributed by atoms with Gasteiger partial charge in [0.05, 0.1) is 11.2 Å². The van der Waals surface area contributed by atoms with Gasteiger partial charge >= 0.3 is 0 Å². The first kappa shape index (κ1) is 14.7. The van der Waals surface area contributed by atoms with Crippen LogP contribution in [0.5, 0.6) is 0 Å². The number of hydrogen-bond donors (Lipinski definition) is 1. The average Bonchev–Trinajstić information content (AvgIpc) is 2.53. The summed E-state index contributed by atoms with van der Waals surface area (Å²) < 4.78 is 0. The lowest BCUT2D eigenvalue weighted by atomic mass is 10.1. The largest absolute Gasteiger partial charge is 0.398 e. The van der Waals surface area contributed by atoms with E-state index in [1.165, 1.54) is 0 Å². The Balaban J connectivity index is 2.12. The van der Waals surface area contributed by atoms with E-state index in [0.717, 1.165) is 38.6 Å². The fourth-order valence-corrected chi connectivity index (χ4v) is 3.13. The minimum Gasteiger partial charge on any atom is -0.398 e. The van der Waals surface area contributed by atoms with Crippen molar-refractivity contribution in [1.82, 2.24) is 4.98 Å². The second-order valence-corrected chi connectivity index (χ2v) is 6.13. The fraction of sp³-hybridized carbons (Fsp3) is 0.167. The van der Waals surface area contributed by atoms with Gasteiger partial charge in [-0.3, -0.25) is 4.98 Å². The van der Waals surface area contributed by atoms with Crippen molar-refractivity contribution >= 4 is 39.7 Å². The molecule has 0 amide bonds. The summed E-state index contributed by atoms with van der Waals surface area (Å²) in [5.74, 6) is 0. The van der Waals surface area contributed by atoms with Crippen LogP contribution >= 0.6 is 11.8 Å². The van der Waals surface area contributed by atoms with Crippen molar-refractivity contribution in [3.8, 4) is 0 Å². The van der Waals surface area contributed by atoms with E-state index in [-0.39, 0.29) is 0 Å². The van der Waals surface area contributed by atoms with E-state index < -0.39 is 0 Å². The zero-order valence-corrected chi connectivity index (χ0v) is 13.8. The molecule has 2 aromatic carbocycles. The molecule has 0 spiro atoms. The third kappa shape index (κ3) is 2.62. The van der Waals surface area contributed by atoms with Crippen LogP contribution in [0.2, 0.25) is 0 Å². The van der Waals surface area contributed by atoms with Crippen LogP contribution in [-0.2, 0) is 0 Å². The van der Waals surface area contributed by atoms with E-state index >= 15 is 0 Å². The van der Waals surface area contributed by atoms with E-state index in [1.54, 1.807) is 11.8 Å². The molecule has 3 aromatic rings. The van der Waals surface area contributed by atoms with Gasteiger partial charge in [0.1, 0.15) is 0 Å². The molecule has 4 heteroatoms. The molecule has 0 unspecified atom stereocenters. The number of nitrogens with two attached hydrogens (primary N) is 1. The van der Waals surface area contributed by atoms with Gasteiger partial charge in [-0.15, -0.1) is 11.8 Å². The standard InChI is InChI=1S/C18H19N3S/c1-12-10-17(14-6-4-5-7-16(14)20-12)21(2)13-8-9-18(22-3)15(19)11-13/h4-11H,19H2,1-3H3. The highest BCUT2D eigenvalue weighted by Gasteiger charge is 2.11. The number of anilines is 3. The van der Waals surface area contributed by atoms with Gasteiger partial charge in [0.25, 0.3) is 0 Å². The number of pyridine rings is 1. The molecule has 3 nitrogen and oxygen atoms in total. The van der Waals surface area contributed by atoms with Crippen LogP contribution in [0, 0.1) is 6.92 Å². The fourth-order valence-electron chi connectivity index (χ4n) is 2.63. The SMILES string of the molecule is CSc1ccc(N(C)c2cc(C)nc3ccccc23)cc1N. The molecular formula is C18H19N3S. The lowest BCUT2D eigenvalue weighted by molar-refractivity contribution is 1.18. The third-order valence-corrected chi connectivity index (χ3v) is 4.60. The van der Waals surface area contributed by atoms with Crippen LogP contribution in [-0.4, -0.2) is 18.3 Å².